The Bertz CT molecular complexity index is 1150. The summed E-state index contributed by atoms with van der Waals surface area (Å²) in [6, 6.07) is 7.87. The first-order valence-electron chi connectivity index (χ1n) is 15.6. The summed E-state index contributed by atoms with van der Waals surface area (Å²) in [6.07, 6.45) is 3.22. The average Bonchev–Trinajstić information content (AvgIpc) is 3.05. The van der Waals surface area contributed by atoms with Crippen LogP contribution in [0.15, 0.2) is 30.3 Å². The number of primary amides is 1. The number of benzene rings is 1. The number of nitrogens with two attached hydrogens (primary N) is 1. The van der Waals surface area contributed by atoms with Crippen molar-refractivity contribution in [2.45, 2.75) is 58.4 Å². The molecule has 0 saturated heterocycles. The molecule has 7 amide bonds. The number of hydrogen-bond donors (Lipinski definition) is 7. The standard InChI is InChI=1S/C31H49N7O9/c1-3-22(2)30(44)33-13-9-5-8-12-26(40)34-17-27(41)35-19-29(43)38-24(16-23-10-6-4-7-11-23)31(45)36-18-28(42)37-21-47-15-14-46-20-25(32)39/h4,6-7,10-11,22,24H,3,5,8-9,12-21H2,1-2H3,(H2,32,39)(H,33,44)(H,34,40)(H,35,41)(H,36,45)(H,37,42)(H,38,43)/t22?,24-/m0/s1. The van der Waals surface area contributed by atoms with Gasteiger partial charge in [0, 0.05) is 25.3 Å². The first-order chi connectivity index (χ1) is 22.5. The molecule has 0 saturated carbocycles. The van der Waals surface area contributed by atoms with Crippen molar-refractivity contribution in [1.29, 1.82) is 0 Å². The number of unbranched alkanes of at least 4 members (excludes halogenated alkanes) is 2. The Morgan fingerprint density at radius 1 is 0.723 bits per heavy atom. The van der Waals surface area contributed by atoms with Gasteiger partial charge >= 0.3 is 0 Å². The van der Waals surface area contributed by atoms with E-state index in [1.807, 2.05) is 13.8 Å². The van der Waals surface area contributed by atoms with E-state index in [0.29, 0.717) is 13.0 Å². The number of amides is 7. The summed E-state index contributed by atoms with van der Waals surface area (Å²) >= 11 is 0. The summed E-state index contributed by atoms with van der Waals surface area (Å²) in [7, 11) is 0. The lowest BCUT2D eigenvalue weighted by atomic mass is 10.1. The van der Waals surface area contributed by atoms with Crippen LogP contribution in [0.4, 0.5) is 0 Å². The van der Waals surface area contributed by atoms with Crippen molar-refractivity contribution in [1.82, 2.24) is 31.9 Å². The maximum Gasteiger partial charge on any atom is 0.243 e. The summed E-state index contributed by atoms with van der Waals surface area (Å²) in [5.41, 5.74) is 5.70. The minimum atomic E-state index is -1.05. The molecule has 262 valence electrons. The number of rotatable bonds is 25. The second-order valence-corrected chi connectivity index (χ2v) is 10.7. The second-order valence-electron chi connectivity index (χ2n) is 10.7. The molecule has 1 unspecified atom stereocenters. The van der Waals surface area contributed by atoms with Crippen LogP contribution in [-0.4, -0.2) is 100 Å². The third-order valence-electron chi connectivity index (χ3n) is 6.68. The van der Waals surface area contributed by atoms with Crippen molar-refractivity contribution < 1.29 is 43.0 Å². The molecule has 1 aromatic carbocycles. The van der Waals surface area contributed by atoms with Crippen LogP contribution in [0.5, 0.6) is 0 Å². The second kappa shape index (κ2) is 24.6. The highest BCUT2D eigenvalue weighted by Gasteiger charge is 2.22. The van der Waals surface area contributed by atoms with Crippen molar-refractivity contribution in [3.05, 3.63) is 35.9 Å². The Morgan fingerprint density at radius 2 is 1.36 bits per heavy atom. The molecule has 8 N–H and O–H groups in total. The van der Waals surface area contributed by atoms with Gasteiger partial charge in [0.05, 0.1) is 32.8 Å². The molecule has 1 rings (SSSR count). The normalized spacial score (nSPS) is 11.8. The number of carbonyl (C=O) groups excluding carboxylic acids is 7. The van der Waals surface area contributed by atoms with Gasteiger partial charge < -0.3 is 47.1 Å². The predicted octanol–water partition coefficient (Wildman–Crippen LogP) is -1.62. The Balaban J connectivity index is 2.38. The molecule has 0 aliphatic carbocycles. The third-order valence-corrected chi connectivity index (χ3v) is 6.68. The maximum atomic E-state index is 12.9. The van der Waals surface area contributed by atoms with E-state index in [2.05, 4.69) is 31.9 Å². The largest absolute Gasteiger partial charge is 0.369 e. The first kappa shape index (κ1) is 40.5. The van der Waals surface area contributed by atoms with Crippen LogP contribution in [0.25, 0.3) is 0 Å². The van der Waals surface area contributed by atoms with Crippen molar-refractivity contribution in [2.24, 2.45) is 11.7 Å². The van der Waals surface area contributed by atoms with Gasteiger partial charge in [-0.3, -0.25) is 33.6 Å². The topological polar surface area (TPSA) is 236 Å². The molecular weight excluding hydrogens is 614 g/mol. The van der Waals surface area contributed by atoms with Crippen molar-refractivity contribution in [2.75, 3.05) is 52.7 Å². The van der Waals surface area contributed by atoms with E-state index < -0.39 is 42.1 Å². The van der Waals surface area contributed by atoms with Crippen molar-refractivity contribution in [3.63, 3.8) is 0 Å². The molecule has 0 aliphatic rings. The quantitative estimate of drug-likeness (QED) is 0.0469. The van der Waals surface area contributed by atoms with Gasteiger partial charge in [0.25, 0.3) is 0 Å². The van der Waals surface area contributed by atoms with Gasteiger partial charge in [-0.1, -0.05) is 50.6 Å². The Kier molecular flexibility index (Phi) is 21.2. The Hall–Kier alpha value is -4.57. The van der Waals surface area contributed by atoms with Crippen LogP contribution in [0.1, 0.15) is 51.5 Å². The molecule has 0 spiro atoms. The number of hydrogen-bond acceptors (Lipinski definition) is 9. The molecule has 0 bridgehead atoms. The van der Waals surface area contributed by atoms with Gasteiger partial charge in [0.2, 0.25) is 41.4 Å². The number of ether oxygens (including phenoxy) is 2. The Labute approximate surface area is 275 Å². The van der Waals surface area contributed by atoms with Crippen LogP contribution >= 0.6 is 0 Å². The molecule has 0 aromatic heterocycles. The molecule has 47 heavy (non-hydrogen) atoms. The zero-order chi connectivity index (χ0) is 34.9. The average molecular weight is 664 g/mol. The van der Waals surface area contributed by atoms with E-state index >= 15 is 0 Å². The minimum Gasteiger partial charge on any atom is -0.369 e. The van der Waals surface area contributed by atoms with E-state index in [9.17, 15) is 33.6 Å². The van der Waals surface area contributed by atoms with E-state index in [0.717, 1.165) is 24.8 Å². The summed E-state index contributed by atoms with van der Waals surface area (Å²) in [5.74, 6) is -3.30. The fourth-order valence-corrected chi connectivity index (χ4v) is 3.82. The van der Waals surface area contributed by atoms with Gasteiger partial charge in [-0.15, -0.1) is 0 Å². The minimum absolute atomic E-state index is 0.0198. The van der Waals surface area contributed by atoms with Gasteiger partial charge in [0.15, 0.2) is 0 Å². The highest BCUT2D eigenvalue weighted by Crippen LogP contribution is 2.04. The Morgan fingerprint density at radius 3 is 2.06 bits per heavy atom. The van der Waals surface area contributed by atoms with Gasteiger partial charge in [-0.2, -0.15) is 0 Å². The molecule has 2 atom stereocenters. The number of carbonyl (C=O) groups is 7. The molecule has 0 fully saturated rings. The summed E-state index contributed by atoms with van der Waals surface area (Å²) in [4.78, 5) is 84.1. The van der Waals surface area contributed by atoms with E-state index in [1.165, 1.54) is 0 Å². The van der Waals surface area contributed by atoms with Crippen LogP contribution in [0, 0.1) is 5.92 Å². The molecule has 16 nitrogen and oxygen atoms in total. The monoisotopic (exact) mass is 663 g/mol. The fraction of sp³-hybridized carbons (Fsp3) is 0.581. The smallest absolute Gasteiger partial charge is 0.243 e. The van der Waals surface area contributed by atoms with Crippen LogP contribution < -0.4 is 37.6 Å². The molecule has 16 heteroatoms. The highest BCUT2D eigenvalue weighted by atomic mass is 16.5. The molecule has 0 aliphatic heterocycles. The van der Waals surface area contributed by atoms with Crippen LogP contribution in [0.3, 0.4) is 0 Å². The SMILES string of the molecule is CCC(C)C(=O)NCCCCCC(=O)NCC(=O)NCC(=O)N[C@@H](Cc1ccccc1)C(=O)NCC(=O)NCOCCOCC(N)=O. The summed E-state index contributed by atoms with van der Waals surface area (Å²) in [5, 5.41) is 15.2. The maximum absolute atomic E-state index is 12.9. The van der Waals surface area contributed by atoms with E-state index in [-0.39, 0.29) is 70.2 Å². The van der Waals surface area contributed by atoms with Gasteiger partial charge in [-0.25, -0.2) is 0 Å². The van der Waals surface area contributed by atoms with Gasteiger partial charge in [-0.05, 0) is 24.8 Å². The lowest BCUT2D eigenvalue weighted by molar-refractivity contribution is -0.131. The summed E-state index contributed by atoms with van der Waals surface area (Å²) in [6.45, 7) is 3.05. The third kappa shape index (κ3) is 21.0. The highest BCUT2D eigenvalue weighted by molar-refractivity contribution is 5.92. The first-order valence-corrected chi connectivity index (χ1v) is 15.6. The predicted molar refractivity (Wildman–Crippen MR) is 171 cm³/mol. The lowest BCUT2D eigenvalue weighted by Crippen LogP contribution is -2.52. The van der Waals surface area contributed by atoms with E-state index in [4.69, 9.17) is 15.2 Å². The van der Waals surface area contributed by atoms with Crippen molar-refractivity contribution in [3.8, 4) is 0 Å². The van der Waals surface area contributed by atoms with Crippen LogP contribution in [-0.2, 0) is 49.5 Å². The zero-order valence-corrected chi connectivity index (χ0v) is 27.2. The molecule has 1 aromatic rings. The van der Waals surface area contributed by atoms with Crippen molar-refractivity contribution >= 4 is 41.4 Å². The van der Waals surface area contributed by atoms with E-state index in [1.54, 1.807) is 30.3 Å². The van der Waals surface area contributed by atoms with Crippen LogP contribution in [0.2, 0.25) is 0 Å². The zero-order valence-electron chi connectivity index (χ0n) is 27.2. The molecule has 0 heterocycles. The molecular formula is C31H49N7O9. The molecule has 0 radical (unpaired) electrons. The lowest BCUT2D eigenvalue weighted by Gasteiger charge is -2.19. The van der Waals surface area contributed by atoms with Gasteiger partial charge in [0.1, 0.15) is 19.4 Å². The fourth-order valence-electron chi connectivity index (χ4n) is 3.82. The number of nitrogens with one attached hydrogen (secondary N) is 6. The summed E-state index contributed by atoms with van der Waals surface area (Å²) < 4.78 is 10.1.